The summed E-state index contributed by atoms with van der Waals surface area (Å²) in [7, 11) is 0. The number of hydrogen-bond acceptors (Lipinski definition) is 4. The maximum absolute atomic E-state index is 8.72. The Morgan fingerprint density at radius 2 is 2.11 bits per heavy atom. The van der Waals surface area contributed by atoms with Crippen LogP contribution in [0.5, 0.6) is 0 Å². The Morgan fingerprint density at radius 3 is 2.58 bits per heavy atom. The first-order valence-electron chi connectivity index (χ1n) is 6.93. The summed E-state index contributed by atoms with van der Waals surface area (Å²) in [5.74, 6) is 0. The van der Waals surface area contributed by atoms with E-state index in [-0.39, 0.29) is 6.04 Å². The van der Waals surface area contributed by atoms with Crippen molar-refractivity contribution in [3.05, 3.63) is 24.0 Å². The average molecular weight is 260 g/mol. The van der Waals surface area contributed by atoms with E-state index in [1.54, 1.807) is 0 Å². The zero-order chi connectivity index (χ0) is 14.3. The molecular formula is C15H24N4. The molecule has 0 saturated heterocycles. The maximum Gasteiger partial charge on any atom is 0.0640 e. The van der Waals surface area contributed by atoms with E-state index in [2.05, 4.69) is 61.1 Å². The SMILES string of the molecule is CCNC(C)c1ccc(N(CCC#N)C(C)C)cn1. The molecule has 0 aliphatic heterocycles. The highest BCUT2D eigenvalue weighted by Gasteiger charge is 2.11. The molecule has 1 rings (SSSR count). The summed E-state index contributed by atoms with van der Waals surface area (Å²) in [6.45, 7) is 10.1. The van der Waals surface area contributed by atoms with Gasteiger partial charge in [-0.2, -0.15) is 5.26 Å². The Morgan fingerprint density at radius 1 is 1.37 bits per heavy atom. The summed E-state index contributed by atoms with van der Waals surface area (Å²) < 4.78 is 0. The minimum Gasteiger partial charge on any atom is -0.367 e. The van der Waals surface area contributed by atoms with Gasteiger partial charge in [0.25, 0.3) is 0 Å². The molecule has 1 aromatic heterocycles. The van der Waals surface area contributed by atoms with Gasteiger partial charge in [0.05, 0.1) is 30.1 Å². The molecule has 1 unspecified atom stereocenters. The molecule has 1 heterocycles. The third-order valence-electron chi connectivity index (χ3n) is 3.14. The van der Waals surface area contributed by atoms with Gasteiger partial charge < -0.3 is 10.2 Å². The molecule has 1 atom stereocenters. The number of rotatable bonds is 7. The Labute approximate surface area is 116 Å². The average Bonchev–Trinajstić information content (AvgIpc) is 2.40. The first-order valence-corrected chi connectivity index (χ1v) is 6.93. The van der Waals surface area contributed by atoms with Crippen LogP contribution in [-0.4, -0.2) is 24.1 Å². The fraction of sp³-hybridized carbons (Fsp3) is 0.600. The molecule has 0 amide bonds. The van der Waals surface area contributed by atoms with Crippen molar-refractivity contribution >= 4 is 5.69 Å². The zero-order valence-electron chi connectivity index (χ0n) is 12.3. The fourth-order valence-corrected chi connectivity index (χ4v) is 2.09. The van der Waals surface area contributed by atoms with Gasteiger partial charge in [-0.05, 0) is 39.4 Å². The van der Waals surface area contributed by atoms with Crippen molar-refractivity contribution in [3.8, 4) is 6.07 Å². The molecule has 0 spiro atoms. The number of pyridine rings is 1. The second kappa shape index (κ2) is 7.75. The Kier molecular flexibility index (Phi) is 6.31. The van der Waals surface area contributed by atoms with Gasteiger partial charge in [-0.25, -0.2) is 0 Å². The van der Waals surface area contributed by atoms with E-state index in [9.17, 15) is 0 Å². The Hall–Kier alpha value is -1.60. The Balaban J connectivity index is 2.80. The van der Waals surface area contributed by atoms with Gasteiger partial charge in [0.15, 0.2) is 0 Å². The lowest BCUT2D eigenvalue weighted by Crippen LogP contribution is -2.31. The quantitative estimate of drug-likeness (QED) is 0.819. The van der Waals surface area contributed by atoms with Crippen LogP contribution in [0.3, 0.4) is 0 Å². The van der Waals surface area contributed by atoms with Gasteiger partial charge in [0, 0.05) is 18.6 Å². The molecule has 4 nitrogen and oxygen atoms in total. The van der Waals surface area contributed by atoms with Crippen molar-refractivity contribution in [2.75, 3.05) is 18.0 Å². The monoisotopic (exact) mass is 260 g/mol. The van der Waals surface area contributed by atoms with E-state index < -0.39 is 0 Å². The minimum atomic E-state index is 0.269. The molecule has 1 aromatic rings. The molecule has 19 heavy (non-hydrogen) atoms. The van der Waals surface area contributed by atoms with Crippen LogP contribution in [0.25, 0.3) is 0 Å². The summed E-state index contributed by atoms with van der Waals surface area (Å²) in [4.78, 5) is 6.73. The highest BCUT2D eigenvalue weighted by Crippen LogP contribution is 2.18. The van der Waals surface area contributed by atoms with Gasteiger partial charge in [-0.1, -0.05) is 6.92 Å². The van der Waals surface area contributed by atoms with E-state index in [0.29, 0.717) is 12.5 Å². The smallest absolute Gasteiger partial charge is 0.0640 e. The van der Waals surface area contributed by atoms with Crippen LogP contribution in [0.4, 0.5) is 5.69 Å². The number of nitriles is 1. The van der Waals surface area contributed by atoms with Crippen molar-refractivity contribution < 1.29 is 0 Å². The highest BCUT2D eigenvalue weighted by molar-refractivity contribution is 5.45. The van der Waals surface area contributed by atoms with E-state index in [4.69, 9.17) is 5.26 Å². The van der Waals surface area contributed by atoms with E-state index in [1.807, 2.05) is 6.20 Å². The molecule has 0 radical (unpaired) electrons. The maximum atomic E-state index is 8.72. The lowest BCUT2D eigenvalue weighted by Gasteiger charge is -2.28. The van der Waals surface area contributed by atoms with E-state index >= 15 is 0 Å². The van der Waals surface area contributed by atoms with Gasteiger partial charge in [0.2, 0.25) is 0 Å². The Bertz CT molecular complexity index is 405. The van der Waals surface area contributed by atoms with Gasteiger partial charge in [0.1, 0.15) is 0 Å². The van der Waals surface area contributed by atoms with Crippen LogP contribution < -0.4 is 10.2 Å². The van der Waals surface area contributed by atoms with Crippen LogP contribution in [0, 0.1) is 11.3 Å². The number of nitrogens with one attached hydrogen (secondary N) is 1. The van der Waals surface area contributed by atoms with Crippen molar-refractivity contribution in [1.82, 2.24) is 10.3 Å². The molecule has 0 bridgehead atoms. The topological polar surface area (TPSA) is 52.0 Å². The summed E-state index contributed by atoms with van der Waals surface area (Å²) in [5, 5.41) is 12.1. The molecule has 1 N–H and O–H groups in total. The molecule has 0 aliphatic rings. The number of aromatic nitrogens is 1. The third kappa shape index (κ3) is 4.53. The number of hydrogen-bond donors (Lipinski definition) is 1. The standard InChI is InChI=1S/C15H24N4/c1-5-17-13(4)15-8-7-14(11-18-15)19(12(2)3)10-6-9-16/h7-8,11-13,17H,5-6,10H2,1-4H3. The van der Waals surface area contributed by atoms with Crippen molar-refractivity contribution in [2.45, 2.75) is 46.2 Å². The predicted molar refractivity (Wildman–Crippen MR) is 79.0 cm³/mol. The fourth-order valence-electron chi connectivity index (χ4n) is 2.09. The van der Waals surface area contributed by atoms with Gasteiger partial charge in [-0.15, -0.1) is 0 Å². The van der Waals surface area contributed by atoms with Crippen molar-refractivity contribution in [1.29, 1.82) is 5.26 Å². The first-order chi connectivity index (χ1) is 9.10. The summed E-state index contributed by atoms with van der Waals surface area (Å²) in [6, 6.07) is 6.98. The largest absolute Gasteiger partial charge is 0.367 e. The van der Waals surface area contributed by atoms with Gasteiger partial charge in [-0.3, -0.25) is 4.98 Å². The van der Waals surface area contributed by atoms with Crippen molar-refractivity contribution in [3.63, 3.8) is 0 Å². The van der Waals surface area contributed by atoms with Crippen LogP contribution in [0.15, 0.2) is 18.3 Å². The number of nitrogens with zero attached hydrogens (tertiary/aromatic N) is 3. The first kappa shape index (κ1) is 15.5. The lowest BCUT2D eigenvalue weighted by atomic mass is 10.2. The molecule has 0 aromatic carbocycles. The zero-order valence-corrected chi connectivity index (χ0v) is 12.3. The second-order valence-electron chi connectivity index (χ2n) is 4.92. The summed E-state index contributed by atoms with van der Waals surface area (Å²) in [6.07, 6.45) is 2.44. The summed E-state index contributed by atoms with van der Waals surface area (Å²) in [5.41, 5.74) is 2.13. The third-order valence-corrected chi connectivity index (χ3v) is 3.14. The summed E-state index contributed by atoms with van der Waals surface area (Å²) >= 11 is 0. The van der Waals surface area contributed by atoms with E-state index in [1.165, 1.54) is 0 Å². The molecule has 0 fully saturated rings. The van der Waals surface area contributed by atoms with Crippen LogP contribution in [-0.2, 0) is 0 Å². The van der Waals surface area contributed by atoms with Crippen LogP contribution >= 0.6 is 0 Å². The minimum absolute atomic E-state index is 0.269. The van der Waals surface area contributed by atoms with E-state index in [0.717, 1.165) is 24.5 Å². The molecular weight excluding hydrogens is 236 g/mol. The molecule has 4 heteroatoms. The molecule has 0 saturated carbocycles. The second-order valence-corrected chi connectivity index (χ2v) is 4.92. The number of anilines is 1. The molecule has 104 valence electrons. The molecule has 0 aliphatic carbocycles. The van der Waals surface area contributed by atoms with Crippen LogP contribution in [0.2, 0.25) is 0 Å². The van der Waals surface area contributed by atoms with Crippen LogP contribution in [0.1, 0.15) is 45.9 Å². The van der Waals surface area contributed by atoms with Crippen molar-refractivity contribution in [2.24, 2.45) is 0 Å². The van der Waals surface area contributed by atoms with Gasteiger partial charge >= 0.3 is 0 Å². The predicted octanol–water partition coefficient (Wildman–Crippen LogP) is 2.88. The normalized spacial score (nSPS) is 12.2. The lowest BCUT2D eigenvalue weighted by molar-refractivity contribution is 0.583. The highest BCUT2D eigenvalue weighted by atomic mass is 15.2.